The molecule has 0 aliphatic rings. The molecule has 0 aliphatic carbocycles. The van der Waals surface area contributed by atoms with Crippen molar-refractivity contribution in [3.8, 4) is 0 Å². The van der Waals surface area contributed by atoms with E-state index >= 15 is 0 Å². The summed E-state index contributed by atoms with van der Waals surface area (Å²) >= 11 is 0. The summed E-state index contributed by atoms with van der Waals surface area (Å²) in [4.78, 5) is 36.0. The summed E-state index contributed by atoms with van der Waals surface area (Å²) in [6.07, 6.45) is 118. The Labute approximate surface area is 603 Å². The Balaban J connectivity index is 4.08. The van der Waals surface area contributed by atoms with Gasteiger partial charge in [-0.1, -0.05) is 337 Å². The lowest BCUT2D eigenvalue weighted by atomic mass is 10.0. The Morgan fingerprint density at radius 1 is 0.316 bits per heavy atom. The molecule has 0 rings (SSSR count). The molecule has 0 aromatic heterocycles. The Morgan fingerprint density at radius 3 is 0.816 bits per heavy atom. The highest BCUT2D eigenvalue weighted by atomic mass is 31.2. The van der Waals surface area contributed by atoms with Gasteiger partial charge < -0.3 is 18.9 Å². The minimum Gasteiger partial charge on any atom is -0.462 e. The zero-order valence-electron chi connectivity index (χ0n) is 63.2. The fourth-order valence-electron chi connectivity index (χ4n) is 10.2. The normalized spacial score (nSPS) is 14.1. The maximum absolute atomic E-state index is 12.9. The van der Waals surface area contributed by atoms with Crippen LogP contribution in [0.4, 0.5) is 0 Å². The summed E-state index contributed by atoms with van der Waals surface area (Å²) in [6.45, 7) is 4.17. The standard InChI is InChI=1S/C88H144NO8P/c1-6-8-10-12-14-16-18-20-22-24-26-28-30-32-34-36-38-40-42-43-44-45-47-48-50-52-54-56-58-60-62-64-66-68-70-72-74-76-78-80-87(90)94-84-86(85-96-98(92,93)95-83-82-89(3,4)5)97-88(91)81-79-77-75-73-71-69-67-65-63-61-59-57-55-53-51-49-46-41-39-37-35-33-31-29-27-25-23-21-19-17-15-13-11-9-7-2/h8-11,14-17,20-23,26-29,32-35,38-41,49,51,55,57,61,63,67,69,86H,6-7,12-13,18-19,24-25,30-31,36-37,42-48,50,52-54,56,58-60,62,64-66,68,70-85H2,1-5H3/p+1/b10-8-,11-9-,16-14-,17-15-,22-20-,23-21-,28-26-,29-27-,34-32-,35-33-,40-38-,41-39-,51-49-,57-55-,63-61-,69-67-. The Kier molecular flexibility index (Phi) is 72.0. The van der Waals surface area contributed by atoms with E-state index in [9.17, 15) is 19.0 Å². The molecule has 2 unspecified atom stereocenters. The molecule has 0 aliphatic heterocycles. The predicted molar refractivity (Wildman–Crippen MR) is 426 cm³/mol. The number of phosphoric acid groups is 1. The van der Waals surface area contributed by atoms with E-state index in [1.807, 2.05) is 21.1 Å². The Hall–Kier alpha value is -5.15. The molecule has 98 heavy (non-hydrogen) atoms. The number of likely N-dealkylation sites (N-methyl/N-ethyl adjacent to an activating group) is 1. The number of nitrogens with zero attached hydrogens (tertiary/aromatic N) is 1. The lowest BCUT2D eigenvalue weighted by Crippen LogP contribution is -2.37. The third kappa shape index (κ3) is 79.8. The molecule has 0 spiro atoms. The number of esters is 2. The second kappa shape index (κ2) is 76.0. The van der Waals surface area contributed by atoms with E-state index in [4.69, 9.17) is 18.5 Å². The molecular weight excluding hydrogens is 1230 g/mol. The van der Waals surface area contributed by atoms with Crippen LogP contribution in [0.2, 0.25) is 0 Å². The SMILES string of the molecule is CC/C=C\C/C=C\C/C=C\C/C=C\C/C=C\C/C=C\C/C=C\C/C=C\C/C=C\C/C=C\CCCCCCC(=O)OC(COC(=O)CCCCCCCCCCCCCCCCCCCCCC/C=C\C/C=C\C/C=C\C/C=C\C/C=C\C/C=C\CC)COP(=O)(O)OCC[N+](C)(C)C. The van der Waals surface area contributed by atoms with Gasteiger partial charge in [0.1, 0.15) is 19.8 Å². The van der Waals surface area contributed by atoms with E-state index in [0.717, 1.165) is 148 Å². The van der Waals surface area contributed by atoms with Gasteiger partial charge in [-0.25, -0.2) is 4.57 Å². The molecular formula is C88H145NO8P+. The van der Waals surface area contributed by atoms with Gasteiger partial charge >= 0.3 is 19.8 Å². The first kappa shape index (κ1) is 92.8. The van der Waals surface area contributed by atoms with Crippen molar-refractivity contribution in [3.63, 3.8) is 0 Å². The van der Waals surface area contributed by atoms with Crippen molar-refractivity contribution >= 4 is 19.8 Å². The first-order chi connectivity index (χ1) is 48.0. The molecule has 9 nitrogen and oxygen atoms in total. The number of hydrogen-bond acceptors (Lipinski definition) is 7. The summed E-state index contributed by atoms with van der Waals surface area (Å²) in [6, 6.07) is 0. The van der Waals surface area contributed by atoms with Crippen molar-refractivity contribution in [3.05, 3.63) is 194 Å². The smallest absolute Gasteiger partial charge is 0.462 e. The number of unbranched alkanes of at least 4 members (excludes halogenated alkanes) is 24. The third-order valence-electron chi connectivity index (χ3n) is 16.1. The van der Waals surface area contributed by atoms with Crippen LogP contribution in [0.25, 0.3) is 0 Å². The number of hydrogen-bond donors (Lipinski definition) is 1. The molecule has 1 N–H and O–H groups in total. The van der Waals surface area contributed by atoms with Gasteiger partial charge in [-0.3, -0.25) is 18.6 Å². The van der Waals surface area contributed by atoms with Crippen LogP contribution in [0.15, 0.2) is 194 Å². The van der Waals surface area contributed by atoms with Gasteiger partial charge in [0.2, 0.25) is 0 Å². The maximum Gasteiger partial charge on any atom is 0.472 e. The number of ether oxygens (including phenoxy) is 2. The number of quaternary nitrogens is 1. The summed E-state index contributed by atoms with van der Waals surface area (Å²) in [7, 11) is 1.44. The first-order valence-electron chi connectivity index (χ1n) is 39.2. The quantitative estimate of drug-likeness (QED) is 0.0211. The second-order valence-electron chi connectivity index (χ2n) is 26.6. The summed E-state index contributed by atoms with van der Waals surface area (Å²) in [5.41, 5.74) is 0. The number of carbonyl (C=O) groups excluding carboxylic acids is 2. The van der Waals surface area contributed by atoms with Gasteiger partial charge in [0.15, 0.2) is 6.10 Å². The van der Waals surface area contributed by atoms with Gasteiger partial charge in [-0.15, -0.1) is 0 Å². The van der Waals surface area contributed by atoms with Crippen LogP contribution < -0.4 is 0 Å². The predicted octanol–water partition coefficient (Wildman–Crippen LogP) is 26.4. The summed E-state index contributed by atoms with van der Waals surface area (Å²) in [5.74, 6) is -0.831. The van der Waals surface area contributed by atoms with Crippen LogP contribution >= 0.6 is 7.82 Å². The van der Waals surface area contributed by atoms with E-state index < -0.39 is 26.5 Å². The van der Waals surface area contributed by atoms with Crippen LogP contribution in [0, 0.1) is 0 Å². The van der Waals surface area contributed by atoms with Gasteiger partial charge in [0, 0.05) is 12.8 Å². The maximum atomic E-state index is 12.9. The highest BCUT2D eigenvalue weighted by Crippen LogP contribution is 2.43. The largest absolute Gasteiger partial charge is 0.472 e. The van der Waals surface area contributed by atoms with E-state index in [-0.39, 0.29) is 32.0 Å². The molecule has 0 saturated carbocycles. The summed E-state index contributed by atoms with van der Waals surface area (Å²) < 4.78 is 34.8. The lowest BCUT2D eigenvalue weighted by Gasteiger charge is -2.24. The fraction of sp³-hybridized carbons (Fsp3) is 0.614. The van der Waals surface area contributed by atoms with E-state index in [1.165, 1.54) is 116 Å². The van der Waals surface area contributed by atoms with Crippen molar-refractivity contribution in [2.45, 2.75) is 302 Å². The van der Waals surface area contributed by atoms with E-state index in [1.54, 1.807) is 0 Å². The van der Waals surface area contributed by atoms with Crippen LogP contribution in [-0.2, 0) is 32.7 Å². The molecule has 0 heterocycles. The van der Waals surface area contributed by atoms with Crippen molar-refractivity contribution in [1.82, 2.24) is 0 Å². The summed E-state index contributed by atoms with van der Waals surface area (Å²) in [5, 5.41) is 0. The van der Waals surface area contributed by atoms with E-state index in [0.29, 0.717) is 17.4 Å². The van der Waals surface area contributed by atoms with E-state index in [2.05, 4.69) is 208 Å². The lowest BCUT2D eigenvalue weighted by molar-refractivity contribution is -0.870. The first-order valence-corrected chi connectivity index (χ1v) is 40.7. The van der Waals surface area contributed by atoms with Gasteiger partial charge in [-0.05, 0) is 141 Å². The molecule has 0 radical (unpaired) electrons. The number of allylic oxidation sites excluding steroid dienone is 32. The zero-order chi connectivity index (χ0) is 71.1. The molecule has 0 amide bonds. The molecule has 0 aromatic rings. The van der Waals surface area contributed by atoms with Gasteiger partial charge in [0.05, 0.1) is 27.7 Å². The third-order valence-corrected chi connectivity index (χ3v) is 17.1. The topological polar surface area (TPSA) is 108 Å². The highest BCUT2D eigenvalue weighted by molar-refractivity contribution is 7.47. The molecule has 0 aromatic carbocycles. The minimum absolute atomic E-state index is 0.0178. The van der Waals surface area contributed by atoms with Crippen LogP contribution in [0.1, 0.15) is 296 Å². The molecule has 0 bridgehead atoms. The second-order valence-corrected chi connectivity index (χ2v) is 28.1. The van der Waals surface area contributed by atoms with Crippen molar-refractivity contribution < 1.29 is 42.1 Å². The van der Waals surface area contributed by atoms with Gasteiger partial charge in [-0.2, -0.15) is 0 Å². The molecule has 554 valence electrons. The monoisotopic (exact) mass is 1380 g/mol. The average molecular weight is 1380 g/mol. The highest BCUT2D eigenvalue weighted by Gasteiger charge is 2.27. The van der Waals surface area contributed by atoms with Crippen LogP contribution in [0.3, 0.4) is 0 Å². The van der Waals surface area contributed by atoms with Crippen molar-refractivity contribution in [2.24, 2.45) is 0 Å². The van der Waals surface area contributed by atoms with Gasteiger partial charge in [0.25, 0.3) is 0 Å². The minimum atomic E-state index is -4.42. The number of carbonyl (C=O) groups is 2. The Morgan fingerprint density at radius 2 is 0.551 bits per heavy atom. The molecule has 10 heteroatoms. The number of rotatable bonds is 70. The molecule has 0 fully saturated rings. The van der Waals surface area contributed by atoms with Crippen LogP contribution in [0.5, 0.6) is 0 Å². The number of phosphoric ester groups is 1. The molecule has 2 atom stereocenters. The zero-order valence-corrected chi connectivity index (χ0v) is 64.1. The average Bonchev–Trinajstić information content (AvgIpc) is 1.08. The fourth-order valence-corrected chi connectivity index (χ4v) is 11.0. The van der Waals surface area contributed by atoms with Crippen LogP contribution in [-0.4, -0.2) is 74.9 Å². The Bertz CT molecular complexity index is 2360. The van der Waals surface area contributed by atoms with Crippen molar-refractivity contribution in [2.75, 3.05) is 47.5 Å². The molecule has 0 saturated heterocycles. The van der Waals surface area contributed by atoms with Crippen molar-refractivity contribution in [1.29, 1.82) is 0 Å².